The highest BCUT2D eigenvalue weighted by Gasteiger charge is 2.39. The minimum Gasteiger partial charge on any atom is -0.389 e. The number of ether oxygens (including phenoxy) is 1. The van der Waals surface area contributed by atoms with Gasteiger partial charge in [0.2, 0.25) is 0 Å². The lowest BCUT2D eigenvalue weighted by molar-refractivity contribution is -0.111. The normalized spacial score (nSPS) is 40.3. The average molecular weight is 295 g/mol. The van der Waals surface area contributed by atoms with E-state index in [-0.39, 0.29) is 5.60 Å². The van der Waals surface area contributed by atoms with Crippen LogP contribution in [0.25, 0.3) is 0 Å². The third kappa shape index (κ3) is 4.00. The molecule has 3 unspecified atom stereocenters. The van der Waals surface area contributed by atoms with Crippen LogP contribution < -0.4 is 5.32 Å². The van der Waals surface area contributed by atoms with Gasteiger partial charge >= 0.3 is 0 Å². The molecule has 3 heteroatoms. The summed E-state index contributed by atoms with van der Waals surface area (Å²) in [4.78, 5) is 0. The Morgan fingerprint density at radius 3 is 2.62 bits per heavy atom. The van der Waals surface area contributed by atoms with Gasteiger partial charge in [-0.15, -0.1) is 0 Å². The summed E-state index contributed by atoms with van der Waals surface area (Å²) in [6, 6.07) is 0.540. The first-order chi connectivity index (χ1) is 10.1. The standard InChI is InChI=1S/C18H33NO2/c1-15-6-5-8-17(20,12-15)14-19-16-7-11-21-18(13-16)9-3-2-4-10-18/h15-16,19-20H,2-14H2,1H3. The van der Waals surface area contributed by atoms with E-state index in [1.807, 2.05) is 0 Å². The lowest BCUT2D eigenvalue weighted by atomic mass is 9.77. The molecule has 3 atom stereocenters. The molecule has 0 aromatic rings. The van der Waals surface area contributed by atoms with E-state index in [2.05, 4.69) is 12.2 Å². The maximum absolute atomic E-state index is 10.8. The van der Waals surface area contributed by atoms with Crippen LogP contribution in [0.15, 0.2) is 0 Å². The highest BCUT2D eigenvalue weighted by Crippen LogP contribution is 2.39. The zero-order valence-corrected chi connectivity index (χ0v) is 13.7. The SMILES string of the molecule is CC1CCCC(O)(CNC2CCOC3(CCCCC3)C2)C1. The second-order valence-electron chi connectivity index (χ2n) is 8.09. The number of nitrogens with one attached hydrogen (secondary N) is 1. The summed E-state index contributed by atoms with van der Waals surface area (Å²) in [5.41, 5.74) is -0.299. The third-order valence-corrected chi connectivity index (χ3v) is 6.05. The van der Waals surface area contributed by atoms with E-state index in [9.17, 15) is 5.11 Å². The Bertz CT molecular complexity index is 335. The predicted molar refractivity (Wildman–Crippen MR) is 85.4 cm³/mol. The van der Waals surface area contributed by atoms with Crippen LogP contribution in [0.3, 0.4) is 0 Å². The van der Waals surface area contributed by atoms with Gasteiger partial charge in [0, 0.05) is 19.2 Å². The minimum atomic E-state index is -0.463. The minimum absolute atomic E-state index is 0.163. The highest BCUT2D eigenvalue weighted by atomic mass is 16.5. The molecule has 0 aromatic carbocycles. The average Bonchev–Trinajstić information content (AvgIpc) is 2.46. The first-order valence-corrected chi connectivity index (χ1v) is 9.19. The van der Waals surface area contributed by atoms with Crippen LogP contribution in [-0.2, 0) is 4.74 Å². The van der Waals surface area contributed by atoms with Gasteiger partial charge in [-0.05, 0) is 44.4 Å². The maximum Gasteiger partial charge on any atom is 0.0774 e. The molecule has 3 aliphatic rings. The summed E-state index contributed by atoms with van der Waals surface area (Å²) in [5, 5.41) is 14.5. The molecule has 1 aliphatic heterocycles. The summed E-state index contributed by atoms with van der Waals surface area (Å²) in [7, 11) is 0. The fourth-order valence-electron chi connectivity index (χ4n) is 4.87. The number of hydrogen-bond acceptors (Lipinski definition) is 3. The summed E-state index contributed by atoms with van der Waals surface area (Å²) < 4.78 is 6.17. The quantitative estimate of drug-likeness (QED) is 0.838. The summed E-state index contributed by atoms with van der Waals surface area (Å²) in [6.45, 7) is 3.94. The molecule has 2 aliphatic carbocycles. The number of aliphatic hydroxyl groups is 1. The van der Waals surface area contributed by atoms with E-state index < -0.39 is 5.60 Å². The van der Waals surface area contributed by atoms with Crippen LogP contribution >= 0.6 is 0 Å². The van der Waals surface area contributed by atoms with Crippen molar-refractivity contribution in [3.63, 3.8) is 0 Å². The molecule has 21 heavy (non-hydrogen) atoms. The van der Waals surface area contributed by atoms with E-state index in [0.717, 1.165) is 38.8 Å². The van der Waals surface area contributed by atoms with Crippen LogP contribution in [-0.4, -0.2) is 35.5 Å². The van der Waals surface area contributed by atoms with Crippen molar-refractivity contribution < 1.29 is 9.84 Å². The first-order valence-electron chi connectivity index (χ1n) is 9.19. The van der Waals surface area contributed by atoms with Crippen molar-refractivity contribution in [2.75, 3.05) is 13.2 Å². The number of rotatable bonds is 3. The Morgan fingerprint density at radius 2 is 1.86 bits per heavy atom. The van der Waals surface area contributed by atoms with E-state index in [1.54, 1.807) is 0 Å². The second kappa shape index (κ2) is 6.55. The first kappa shape index (κ1) is 15.8. The molecule has 0 radical (unpaired) electrons. The van der Waals surface area contributed by atoms with Gasteiger partial charge in [0.25, 0.3) is 0 Å². The highest BCUT2D eigenvalue weighted by molar-refractivity contribution is 4.94. The Kier molecular flexibility index (Phi) is 4.92. The molecule has 2 saturated carbocycles. The Balaban J connectivity index is 1.50. The molecular weight excluding hydrogens is 262 g/mol. The zero-order chi connectivity index (χ0) is 14.8. The fourth-order valence-corrected chi connectivity index (χ4v) is 4.87. The molecule has 1 spiro atoms. The van der Waals surface area contributed by atoms with E-state index in [0.29, 0.717) is 12.0 Å². The van der Waals surface area contributed by atoms with E-state index >= 15 is 0 Å². The van der Waals surface area contributed by atoms with Gasteiger partial charge in [-0.25, -0.2) is 0 Å². The van der Waals surface area contributed by atoms with Crippen LogP contribution in [0.4, 0.5) is 0 Å². The molecule has 0 bridgehead atoms. The summed E-state index contributed by atoms with van der Waals surface area (Å²) in [5.74, 6) is 0.671. The van der Waals surface area contributed by atoms with E-state index in [1.165, 1.54) is 44.9 Å². The number of hydrogen-bond donors (Lipinski definition) is 2. The van der Waals surface area contributed by atoms with Crippen LogP contribution in [0, 0.1) is 5.92 Å². The zero-order valence-electron chi connectivity index (χ0n) is 13.7. The molecule has 122 valence electrons. The lowest BCUT2D eigenvalue weighted by Crippen LogP contribution is -2.52. The molecular formula is C18H33NO2. The predicted octanol–water partition coefficient (Wildman–Crippen LogP) is 3.40. The van der Waals surface area contributed by atoms with Crippen LogP contribution in [0.1, 0.15) is 77.6 Å². The monoisotopic (exact) mass is 295 g/mol. The van der Waals surface area contributed by atoms with Crippen molar-refractivity contribution >= 4 is 0 Å². The van der Waals surface area contributed by atoms with Gasteiger partial charge in [0.15, 0.2) is 0 Å². The smallest absolute Gasteiger partial charge is 0.0774 e. The molecule has 3 nitrogen and oxygen atoms in total. The topological polar surface area (TPSA) is 41.5 Å². The van der Waals surface area contributed by atoms with Crippen molar-refractivity contribution in [2.24, 2.45) is 5.92 Å². The lowest BCUT2D eigenvalue weighted by Gasteiger charge is -2.45. The van der Waals surface area contributed by atoms with Crippen molar-refractivity contribution in [3.8, 4) is 0 Å². The third-order valence-electron chi connectivity index (χ3n) is 6.05. The molecule has 1 heterocycles. The van der Waals surface area contributed by atoms with Gasteiger partial charge in [-0.1, -0.05) is 39.0 Å². The van der Waals surface area contributed by atoms with Gasteiger partial charge in [-0.3, -0.25) is 0 Å². The molecule has 3 fully saturated rings. The van der Waals surface area contributed by atoms with Gasteiger partial charge in [-0.2, -0.15) is 0 Å². The molecule has 2 N–H and O–H groups in total. The Morgan fingerprint density at radius 1 is 1.05 bits per heavy atom. The maximum atomic E-state index is 10.8. The molecule has 0 aromatic heterocycles. The fraction of sp³-hybridized carbons (Fsp3) is 1.00. The second-order valence-corrected chi connectivity index (χ2v) is 8.09. The van der Waals surface area contributed by atoms with Crippen molar-refractivity contribution in [3.05, 3.63) is 0 Å². The molecule has 3 rings (SSSR count). The van der Waals surface area contributed by atoms with Crippen molar-refractivity contribution in [2.45, 2.75) is 94.8 Å². The van der Waals surface area contributed by atoms with Gasteiger partial charge < -0.3 is 15.2 Å². The van der Waals surface area contributed by atoms with Crippen molar-refractivity contribution in [1.29, 1.82) is 0 Å². The van der Waals surface area contributed by atoms with Gasteiger partial charge in [0.05, 0.1) is 11.2 Å². The molecule has 0 amide bonds. The Hall–Kier alpha value is -0.120. The van der Waals surface area contributed by atoms with Crippen LogP contribution in [0.2, 0.25) is 0 Å². The summed E-state index contributed by atoms with van der Waals surface area (Å²) >= 11 is 0. The summed E-state index contributed by atoms with van der Waals surface area (Å²) in [6.07, 6.45) is 13.2. The van der Waals surface area contributed by atoms with Crippen LogP contribution in [0.5, 0.6) is 0 Å². The van der Waals surface area contributed by atoms with E-state index in [4.69, 9.17) is 4.74 Å². The largest absolute Gasteiger partial charge is 0.389 e. The Labute approximate surface area is 129 Å². The molecule has 1 saturated heterocycles. The van der Waals surface area contributed by atoms with Crippen molar-refractivity contribution in [1.82, 2.24) is 5.32 Å². The van der Waals surface area contributed by atoms with Gasteiger partial charge in [0.1, 0.15) is 0 Å².